The van der Waals surface area contributed by atoms with E-state index in [4.69, 9.17) is 11.6 Å². The number of ketones is 1. The monoisotopic (exact) mass is 400 g/mol. The van der Waals surface area contributed by atoms with E-state index in [2.05, 4.69) is 15.3 Å². The van der Waals surface area contributed by atoms with Crippen LogP contribution in [0, 0.1) is 0 Å². The van der Waals surface area contributed by atoms with Gasteiger partial charge in [0, 0.05) is 25.0 Å². The van der Waals surface area contributed by atoms with Gasteiger partial charge in [-0.25, -0.2) is 0 Å². The number of aromatic nitrogens is 2. The van der Waals surface area contributed by atoms with Crippen molar-refractivity contribution in [2.45, 2.75) is 6.54 Å². The van der Waals surface area contributed by atoms with Gasteiger partial charge >= 0.3 is 0 Å². The largest absolute Gasteiger partial charge is 0.507 e. The molecule has 0 amide bonds. The van der Waals surface area contributed by atoms with Gasteiger partial charge in [0.2, 0.25) is 0 Å². The number of hydrogen-bond acceptors (Lipinski definition) is 6. The van der Waals surface area contributed by atoms with E-state index in [0.29, 0.717) is 34.8 Å². The molecule has 0 aliphatic heterocycles. The fourth-order valence-corrected chi connectivity index (χ4v) is 3.84. The van der Waals surface area contributed by atoms with Crippen LogP contribution >= 0.6 is 11.6 Å². The lowest BCUT2D eigenvalue weighted by molar-refractivity contribution is 0.103. The van der Waals surface area contributed by atoms with E-state index in [1.54, 1.807) is 10.7 Å². The average molecular weight is 401 g/mol. The van der Waals surface area contributed by atoms with Crippen LogP contribution in [0.25, 0.3) is 22.2 Å². The Hall–Kier alpha value is -2.61. The number of carbonyl (C=O) groups excluding carboxylic acids is 1. The number of aromatic hydroxyl groups is 2. The molecule has 1 aliphatic rings. The maximum absolute atomic E-state index is 13.1. The molecule has 0 saturated carbocycles. The van der Waals surface area contributed by atoms with Crippen molar-refractivity contribution in [1.29, 1.82) is 0 Å². The minimum Gasteiger partial charge on any atom is -0.507 e. The Bertz CT molecular complexity index is 1090. The topological polar surface area (TPSA) is 90.6 Å². The summed E-state index contributed by atoms with van der Waals surface area (Å²) in [6.45, 7) is 3.08. The number of benzene rings is 2. The minimum absolute atomic E-state index is 0.0382. The van der Waals surface area contributed by atoms with E-state index in [1.165, 1.54) is 12.1 Å². The lowest BCUT2D eigenvalue weighted by Gasteiger charge is -2.17. The molecule has 0 atom stereocenters. The highest BCUT2D eigenvalue weighted by atomic mass is 35.5. The molecular formula is C20H21ClN4O3. The molecule has 3 N–H and O–H groups in total. The lowest BCUT2D eigenvalue weighted by Crippen LogP contribution is -2.29. The molecule has 1 aliphatic carbocycles. The number of phenols is 2. The maximum atomic E-state index is 13.1. The minimum atomic E-state index is -0.407. The van der Waals surface area contributed by atoms with Gasteiger partial charge < -0.3 is 20.4 Å². The highest BCUT2D eigenvalue weighted by molar-refractivity contribution is 6.39. The number of hydrogen-bond donors (Lipinski definition) is 3. The zero-order chi connectivity index (χ0) is 20.0. The Morgan fingerprint density at radius 3 is 2.50 bits per heavy atom. The first-order chi connectivity index (χ1) is 13.4. The first-order valence-corrected chi connectivity index (χ1v) is 9.42. The van der Waals surface area contributed by atoms with Gasteiger partial charge in [0.1, 0.15) is 17.2 Å². The number of halogens is 1. The van der Waals surface area contributed by atoms with E-state index < -0.39 is 5.78 Å². The Morgan fingerprint density at radius 2 is 1.79 bits per heavy atom. The van der Waals surface area contributed by atoms with Gasteiger partial charge in [0.05, 0.1) is 33.8 Å². The van der Waals surface area contributed by atoms with E-state index in [0.717, 1.165) is 18.6 Å². The Morgan fingerprint density at radius 1 is 1.07 bits per heavy atom. The third-order valence-corrected chi connectivity index (χ3v) is 5.27. The molecule has 1 heterocycles. The van der Waals surface area contributed by atoms with Crippen LogP contribution in [0.5, 0.6) is 11.5 Å². The molecule has 8 heteroatoms. The van der Waals surface area contributed by atoms with E-state index in [9.17, 15) is 15.0 Å². The van der Waals surface area contributed by atoms with Crippen molar-refractivity contribution < 1.29 is 15.0 Å². The molecule has 146 valence electrons. The van der Waals surface area contributed by atoms with Crippen LogP contribution in [-0.4, -0.2) is 64.4 Å². The quantitative estimate of drug-likeness (QED) is 0.340. The fraction of sp³-hybridized carbons (Fsp3) is 0.300. The summed E-state index contributed by atoms with van der Waals surface area (Å²) in [5.74, 6) is -0.700. The summed E-state index contributed by atoms with van der Waals surface area (Å²) in [4.78, 5) is 15.2. The van der Waals surface area contributed by atoms with Gasteiger partial charge in [-0.3, -0.25) is 9.48 Å². The second-order valence-corrected chi connectivity index (χ2v) is 7.53. The van der Waals surface area contributed by atoms with Crippen LogP contribution in [-0.2, 0) is 6.54 Å². The summed E-state index contributed by atoms with van der Waals surface area (Å²) in [5, 5.41) is 29.6. The number of carbonyl (C=O) groups is 1. The molecule has 4 rings (SSSR count). The molecule has 3 aromatic rings. The lowest BCUT2D eigenvalue weighted by atomic mass is 9.86. The first kappa shape index (κ1) is 18.7. The molecule has 7 nitrogen and oxygen atoms in total. The summed E-state index contributed by atoms with van der Waals surface area (Å²) in [7, 11) is 4.04. The third-order valence-electron chi connectivity index (χ3n) is 4.96. The van der Waals surface area contributed by atoms with Crippen molar-refractivity contribution in [3.05, 3.63) is 40.4 Å². The van der Waals surface area contributed by atoms with Crippen molar-refractivity contribution in [2.75, 3.05) is 33.7 Å². The Balaban J connectivity index is 1.80. The van der Waals surface area contributed by atoms with Crippen molar-refractivity contribution in [2.24, 2.45) is 0 Å². The number of fused-ring (bicyclic) bond motifs is 2. The first-order valence-electron chi connectivity index (χ1n) is 9.04. The molecule has 1 aromatic heterocycles. The van der Waals surface area contributed by atoms with Crippen molar-refractivity contribution in [3.63, 3.8) is 0 Å². The van der Waals surface area contributed by atoms with Gasteiger partial charge in [-0.2, -0.15) is 5.10 Å². The maximum Gasteiger partial charge on any atom is 0.199 e. The van der Waals surface area contributed by atoms with Crippen LogP contribution in [0.15, 0.2) is 24.3 Å². The molecule has 0 unspecified atom stereocenters. The van der Waals surface area contributed by atoms with Crippen molar-refractivity contribution in [3.8, 4) is 22.8 Å². The smallest absolute Gasteiger partial charge is 0.199 e. The Labute approximate surface area is 167 Å². The highest BCUT2D eigenvalue weighted by Crippen LogP contribution is 2.47. The van der Waals surface area contributed by atoms with Crippen LogP contribution in [0.3, 0.4) is 0 Å². The summed E-state index contributed by atoms with van der Waals surface area (Å²) in [5.41, 5.74) is 1.84. The molecule has 0 saturated heterocycles. The summed E-state index contributed by atoms with van der Waals surface area (Å²) >= 11 is 6.33. The van der Waals surface area contributed by atoms with E-state index in [1.807, 2.05) is 20.2 Å². The Kier molecular flexibility index (Phi) is 4.74. The van der Waals surface area contributed by atoms with Gasteiger partial charge in [-0.1, -0.05) is 11.6 Å². The zero-order valence-electron chi connectivity index (χ0n) is 15.7. The highest BCUT2D eigenvalue weighted by Gasteiger charge is 2.34. The summed E-state index contributed by atoms with van der Waals surface area (Å²) < 4.78 is 1.80. The van der Waals surface area contributed by atoms with Crippen molar-refractivity contribution >= 4 is 28.3 Å². The zero-order valence-corrected chi connectivity index (χ0v) is 16.4. The summed E-state index contributed by atoms with van der Waals surface area (Å²) in [6, 6.07) is 6.17. The van der Waals surface area contributed by atoms with Crippen molar-refractivity contribution in [1.82, 2.24) is 20.0 Å². The average Bonchev–Trinajstić information content (AvgIpc) is 3.00. The third kappa shape index (κ3) is 2.92. The second kappa shape index (κ2) is 7.09. The molecule has 28 heavy (non-hydrogen) atoms. The molecule has 2 aromatic carbocycles. The van der Waals surface area contributed by atoms with Crippen LogP contribution in [0.2, 0.25) is 5.02 Å². The van der Waals surface area contributed by atoms with Gasteiger partial charge in [0.25, 0.3) is 0 Å². The number of nitrogens with one attached hydrogen (secondary N) is 1. The predicted octanol–water partition coefficient (Wildman–Crippen LogP) is 2.46. The van der Waals surface area contributed by atoms with Crippen LogP contribution in [0.1, 0.15) is 15.9 Å². The summed E-state index contributed by atoms with van der Waals surface area (Å²) in [6.07, 6.45) is 0. The van der Waals surface area contributed by atoms with E-state index in [-0.39, 0.29) is 22.6 Å². The predicted molar refractivity (Wildman–Crippen MR) is 108 cm³/mol. The normalized spacial score (nSPS) is 12.8. The second-order valence-electron chi connectivity index (χ2n) is 7.12. The number of phenolic OH excluding ortho intramolecular Hbond substituents is 2. The number of nitrogens with zero attached hydrogens (tertiary/aromatic N) is 3. The molecular weight excluding hydrogens is 380 g/mol. The number of rotatable bonds is 6. The van der Waals surface area contributed by atoms with Gasteiger partial charge in [0.15, 0.2) is 5.78 Å². The van der Waals surface area contributed by atoms with Gasteiger partial charge in [-0.05, 0) is 38.4 Å². The molecule has 0 bridgehead atoms. The van der Waals surface area contributed by atoms with Gasteiger partial charge in [-0.15, -0.1) is 0 Å². The molecule has 0 spiro atoms. The van der Waals surface area contributed by atoms with Crippen LogP contribution in [0.4, 0.5) is 0 Å². The van der Waals surface area contributed by atoms with E-state index >= 15 is 0 Å². The SMILES string of the molecule is CN(C)CCNCCn1nc2c3c(c(Cl)ccc31)C(=O)c1c(O)ccc(O)c1-2. The number of likely N-dealkylation sites (N-methyl/N-ethyl adjacent to an activating group) is 1. The standard InChI is InChI=1S/C20H21ClN4O3/c1-24(2)9-7-22-8-10-25-12-4-3-11(21)15-16(12)19(23-25)17-13(26)5-6-14(27)18(17)20(15)28/h3-6,22,26-27H,7-10H2,1-2H3. The fourth-order valence-electron chi connectivity index (χ4n) is 3.60. The van der Waals surface area contributed by atoms with Crippen LogP contribution < -0.4 is 5.32 Å². The molecule has 0 fully saturated rings. The molecule has 0 radical (unpaired) electrons.